The van der Waals surface area contributed by atoms with E-state index in [4.69, 9.17) is 16.6 Å². The van der Waals surface area contributed by atoms with Crippen LogP contribution < -0.4 is 0 Å². The lowest BCUT2D eigenvalue weighted by Gasteiger charge is -2.14. The van der Waals surface area contributed by atoms with Gasteiger partial charge in [-0.2, -0.15) is 9.97 Å². The maximum absolute atomic E-state index is 6.61. The number of nitrogens with zero attached hydrogens (tertiary/aromatic N) is 3. The van der Waals surface area contributed by atoms with Gasteiger partial charge in [0.05, 0.1) is 0 Å². The van der Waals surface area contributed by atoms with E-state index in [1.807, 2.05) is 54.6 Å². The molecule has 0 bridgehead atoms. The van der Waals surface area contributed by atoms with Crippen molar-refractivity contribution in [2.24, 2.45) is 0 Å². The van der Waals surface area contributed by atoms with Crippen molar-refractivity contribution in [2.45, 2.75) is 0 Å². The van der Waals surface area contributed by atoms with Gasteiger partial charge in [0.15, 0.2) is 11.6 Å². The van der Waals surface area contributed by atoms with Gasteiger partial charge in [-0.25, -0.2) is 4.98 Å². The van der Waals surface area contributed by atoms with Gasteiger partial charge in [-0.05, 0) is 79.7 Å². The minimum absolute atomic E-state index is 0.163. The highest BCUT2D eigenvalue weighted by molar-refractivity contribution is 6.28. The van der Waals surface area contributed by atoms with E-state index < -0.39 is 0 Å². The van der Waals surface area contributed by atoms with E-state index >= 15 is 0 Å². The van der Waals surface area contributed by atoms with Gasteiger partial charge in [-0.1, -0.05) is 109 Å². The van der Waals surface area contributed by atoms with Crippen LogP contribution in [0.25, 0.3) is 66.6 Å². The molecule has 1 heterocycles. The fraction of sp³-hybridized carbons (Fsp3) is 0. The van der Waals surface area contributed by atoms with Crippen molar-refractivity contribution in [3.8, 4) is 45.0 Å². The Bertz CT molecular complexity index is 1970. The summed E-state index contributed by atoms with van der Waals surface area (Å²) in [4.78, 5) is 14.3. The lowest BCUT2D eigenvalue weighted by molar-refractivity contribution is 1.07. The Kier molecular flexibility index (Phi) is 5.84. The topological polar surface area (TPSA) is 38.7 Å². The van der Waals surface area contributed by atoms with Gasteiger partial charge in [-0.3, -0.25) is 0 Å². The average molecular weight is 520 g/mol. The Morgan fingerprint density at radius 3 is 1.62 bits per heavy atom. The summed E-state index contributed by atoms with van der Waals surface area (Å²) in [7, 11) is 0. The number of aromatic nitrogens is 3. The summed E-state index contributed by atoms with van der Waals surface area (Å²) in [6, 6.07) is 46.0. The van der Waals surface area contributed by atoms with Gasteiger partial charge >= 0.3 is 0 Å². The summed E-state index contributed by atoms with van der Waals surface area (Å²) < 4.78 is 0. The van der Waals surface area contributed by atoms with Crippen LogP contribution in [0.1, 0.15) is 0 Å². The molecule has 7 rings (SSSR count). The highest BCUT2D eigenvalue weighted by Crippen LogP contribution is 2.37. The molecule has 0 fully saturated rings. The third-order valence-electron chi connectivity index (χ3n) is 7.03. The van der Waals surface area contributed by atoms with E-state index in [1.165, 1.54) is 0 Å². The zero-order valence-corrected chi connectivity index (χ0v) is 21.7. The molecule has 3 nitrogen and oxygen atoms in total. The second-order valence-electron chi connectivity index (χ2n) is 9.47. The standard InChI is InChI=1S/C35H22ClN3/c36-35-38-33(31-22-28(23-11-3-1-4-12-23)19-27-17-9-10-18-29(27)31)37-34(39-35)32-21-26-16-8-7-15-25(26)20-30(32)24-13-5-2-6-14-24/h1-22H. The van der Waals surface area contributed by atoms with E-state index in [-0.39, 0.29) is 5.28 Å². The summed E-state index contributed by atoms with van der Waals surface area (Å²) in [5.41, 5.74) is 6.19. The predicted octanol–water partition coefficient (Wildman–Crippen LogP) is 9.50. The van der Waals surface area contributed by atoms with Crippen LogP contribution in [0.2, 0.25) is 5.28 Å². The van der Waals surface area contributed by atoms with Crippen molar-refractivity contribution in [1.29, 1.82) is 0 Å². The molecule has 0 aliphatic rings. The maximum atomic E-state index is 6.61. The van der Waals surface area contributed by atoms with E-state index in [2.05, 4.69) is 88.8 Å². The second kappa shape index (κ2) is 9.79. The molecular formula is C35H22ClN3. The minimum atomic E-state index is 0.163. The maximum Gasteiger partial charge on any atom is 0.226 e. The number of benzene rings is 6. The highest BCUT2D eigenvalue weighted by Gasteiger charge is 2.17. The molecular weight excluding hydrogens is 498 g/mol. The zero-order valence-electron chi connectivity index (χ0n) is 20.9. The van der Waals surface area contributed by atoms with Crippen LogP contribution in [-0.2, 0) is 0 Å². The van der Waals surface area contributed by atoms with Crippen molar-refractivity contribution in [3.05, 3.63) is 139 Å². The summed E-state index contributed by atoms with van der Waals surface area (Å²) in [5.74, 6) is 1.09. The summed E-state index contributed by atoms with van der Waals surface area (Å²) in [5, 5.41) is 4.61. The molecule has 4 heteroatoms. The second-order valence-corrected chi connectivity index (χ2v) is 9.81. The molecule has 6 aromatic carbocycles. The Morgan fingerprint density at radius 2 is 0.923 bits per heavy atom. The van der Waals surface area contributed by atoms with E-state index in [0.29, 0.717) is 11.6 Å². The third-order valence-corrected chi connectivity index (χ3v) is 7.20. The lowest BCUT2D eigenvalue weighted by Crippen LogP contribution is -1.99. The van der Waals surface area contributed by atoms with Crippen LogP contribution in [0.15, 0.2) is 133 Å². The van der Waals surface area contributed by atoms with Crippen LogP contribution >= 0.6 is 11.6 Å². The molecule has 0 amide bonds. The Morgan fingerprint density at radius 1 is 0.385 bits per heavy atom. The lowest BCUT2D eigenvalue weighted by atomic mass is 9.94. The predicted molar refractivity (Wildman–Crippen MR) is 162 cm³/mol. The van der Waals surface area contributed by atoms with Crippen LogP contribution in [0.5, 0.6) is 0 Å². The number of hydrogen-bond donors (Lipinski definition) is 0. The monoisotopic (exact) mass is 519 g/mol. The van der Waals surface area contributed by atoms with E-state index in [0.717, 1.165) is 54.9 Å². The molecule has 0 saturated carbocycles. The van der Waals surface area contributed by atoms with Crippen LogP contribution in [0, 0.1) is 0 Å². The molecule has 0 unspecified atom stereocenters. The molecule has 39 heavy (non-hydrogen) atoms. The van der Waals surface area contributed by atoms with Gasteiger partial charge in [0.1, 0.15) is 0 Å². The van der Waals surface area contributed by atoms with Gasteiger partial charge in [0, 0.05) is 11.1 Å². The first-order valence-corrected chi connectivity index (χ1v) is 13.2. The van der Waals surface area contributed by atoms with Crippen molar-refractivity contribution < 1.29 is 0 Å². The number of rotatable bonds is 4. The van der Waals surface area contributed by atoms with Crippen molar-refractivity contribution in [3.63, 3.8) is 0 Å². The molecule has 0 spiro atoms. The molecule has 7 aromatic rings. The number of fused-ring (bicyclic) bond motifs is 2. The quantitative estimate of drug-likeness (QED) is 0.232. The minimum Gasteiger partial charge on any atom is -0.208 e. The van der Waals surface area contributed by atoms with Crippen LogP contribution in [-0.4, -0.2) is 15.0 Å². The summed E-state index contributed by atoms with van der Waals surface area (Å²) >= 11 is 6.61. The molecule has 0 aliphatic heterocycles. The van der Waals surface area contributed by atoms with E-state index in [9.17, 15) is 0 Å². The number of hydrogen-bond acceptors (Lipinski definition) is 3. The molecule has 0 radical (unpaired) electrons. The smallest absolute Gasteiger partial charge is 0.208 e. The highest BCUT2D eigenvalue weighted by atomic mass is 35.5. The fourth-order valence-corrected chi connectivity index (χ4v) is 5.33. The summed E-state index contributed by atoms with van der Waals surface area (Å²) in [6.07, 6.45) is 0. The third kappa shape index (κ3) is 4.43. The Labute approximate surface area is 231 Å². The Balaban J connectivity index is 1.48. The molecule has 0 saturated heterocycles. The Hall–Kier alpha value is -4.86. The van der Waals surface area contributed by atoms with Gasteiger partial charge < -0.3 is 0 Å². The molecule has 184 valence electrons. The average Bonchev–Trinajstić information content (AvgIpc) is 3.00. The zero-order chi connectivity index (χ0) is 26.2. The molecule has 0 atom stereocenters. The van der Waals surface area contributed by atoms with Gasteiger partial charge in [0.2, 0.25) is 5.28 Å². The van der Waals surface area contributed by atoms with E-state index in [1.54, 1.807) is 0 Å². The molecule has 0 N–H and O–H groups in total. The van der Waals surface area contributed by atoms with Crippen LogP contribution in [0.3, 0.4) is 0 Å². The van der Waals surface area contributed by atoms with Gasteiger partial charge in [-0.15, -0.1) is 0 Å². The summed E-state index contributed by atoms with van der Waals surface area (Å²) in [6.45, 7) is 0. The van der Waals surface area contributed by atoms with Crippen molar-refractivity contribution >= 4 is 33.1 Å². The fourth-order valence-electron chi connectivity index (χ4n) is 5.17. The first-order valence-electron chi connectivity index (χ1n) is 12.8. The van der Waals surface area contributed by atoms with Crippen molar-refractivity contribution in [1.82, 2.24) is 15.0 Å². The van der Waals surface area contributed by atoms with Crippen molar-refractivity contribution in [2.75, 3.05) is 0 Å². The molecule has 0 aliphatic carbocycles. The SMILES string of the molecule is Clc1nc(-c2cc3ccccc3cc2-c2ccccc2)nc(-c2cc(-c3ccccc3)cc3ccccc23)n1. The number of halogens is 1. The normalized spacial score (nSPS) is 11.2. The van der Waals surface area contributed by atoms with Crippen LogP contribution in [0.4, 0.5) is 0 Å². The van der Waals surface area contributed by atoms with Gasteiger partial charge in [0.25, 0.3) is 0 Å². The molecule has 1 aromatic heterocycles. The first-order chi connectivity index (χ1) is 19.2. The largest absolute Gasteiger partial charge is 0.226 e. The first kappa shape index (κ1) is 23.3.